The summed E-state index contributed by atoms with van der Waals surface area (Å²) < 4.78 is 6.65. The zero-order valence-corrected chi connectivity index (χ0v) is 12.0. The van der Waals surface area contributed by atoms with Crippen LogP contribution in [0.25, 0.3) is 0 Å². The Bertz CT molecular complexity index is 468. The first-order chi connectivity index (χ1) is 9.02. The molecule has 5 nitrogen and oxygen atoms in total. The number of anilines is 1. The summed E-state index contributed by atoms with van der Waals surface area (Å²) in [6.07, 6.45) is 5.06. The van der Waals surface area contributed by atoms with Crippen LogP contribution < -0.4 is 5.73 Å². The number of methoxy groups -OCH3 is 1. The lowest BCUT2D eigenvalue weighted by atomic mass is 9.82. The largest absolute Gasteiger partial charge is 0.464 e. The minimum Gasteiger partial charge on any atom is -0.464 e. The van der Waals surface area contributed by atoms with E-state index in [4.69, 9.17) is 10.5 Å². The van der Waals surface area contributed by atoms with Crippen molar-refractivity contribution in [2.24, 2.45) is 11.8 Å². The van der Waals surface area contributed by atoms with Crippen molar-refractivity contribution in [1.82, 2.24) is 9.55 Å². The van der Waals surface area contributed by atoms with E-state index in [0.29, 0.717) is 11.7 Å². The predicted molar refractivity (Wildman–Crippen MR) is 73.8 cm³/mol. The summed E-state index contributed by atoms with van der Waals surface area (Å²) in [6.45, 7) is 5.04. The molecule has 0 aromatic carbocycles. The second kappa shape index (κ2) is 5.63. The van der Waals surface area contributed by atoms with Gasteiger partial charge in [-0.2, -0.15) is 0 Å². The van der Waals surface area contributed by atoms with Crippen LogP contribution in [-0.4, -0.2) is 22.6 Å². The highest BCUT2D eigenvalue weighted by Gasteiger charge is 2.24. The molecule has 0 aliphatic heterocycles. The molecule has 1 aliphatic rings. The van der Waals surface area contributed by atoms with E-state index < -0.39 is 5.97 Å². The first kappa shape index (κ1) is 13.9. The van der Waals surface area contributed by atoms with Crippen LogP contribution in [0, 0.1) is 18.8 Å². The number of nitrogen functional groups attached to an aromatic ring is 1. The van der Waals surface area contributed by atoms with Gasteiger partial charge in [0.05, 0.1) is 7.11 Å². The summed E-state index contributed by atoms with van der Waals surface area (Å²) in [7, 11) is 1.35. The molecule has 1 aromatic rings. The molecule has 106 valence electrons. The number of nitrogens with zero attached hydrogens (tertiary/aromatic N) is 2. The van der Waals surface area contributed by atoms with Crippen LogP contribution >= 0.6 is 0 Å². The molecule has 0 spiro atoms. The van der Waals surface area contributed by atoms with Crippen molar-refractivity contribution in [3.8, 4) is 0 Å². The number of esters is 1. The summed E-state index contributed by atoms with van der Waals surface area (Å²) >= 11 is 0. The molecule has 19 heavy (non-hydrogen) atoms. The minimum atomic E-state index is -0.462. The first-order valence-electron chi connectivity index (χ1n) is 6.93. The number of ether oxygens (including phenoxy) is 1. The maximum Gasteiger partial charge on any atom is 0.360 e. The van der Waals surface area contributed by atoms with E-state index in [1.807, 2.05) is 11.5 Å². The Morgan fingerprint density at radius 1 is 1.53 bits per heavy atom. The van der Waals surface area contributed by atoms with Gasteiger partial charge in [0.1, 0.15) is 11.6 Å². The molecule has 1 saturated carbocycles. The SMILES string of the molecule is COC(=O)c1nc(C)n(CC2CCCC(C)C2)c1N. The third-order valence-corrected chi connectivity index (χ3v) is 4.06. The topological polar surface area (TPSA) is 70.1 Å². The normalized spacial score (nSPS) is 23.3. The Labute approximate surface area is 114 Å². The van der Waals surface area contributed by atoms with Gasteiger partial charge >= 0.3 is 5.97 Å². The Kier molecular flexibility index (Phi) is 4.12. The second-order valence-corrected chi connectivity index (χ2v) is 5.63. The summed E-state index contributed by atoms with van der Waals surface area (Å²) in [4.78, 5) is 15.8. The number of aryl methyl sites for hydroxylation is 1. The van der Waals surface area contributed by atoms with E-state index in [2.05, 4.69) is 11.9 Å². The maximum absolute atomic E-state index is 11.6. The third-order valence-electron chi connectivity index (χ3n) is 4.06. The molecular formula is C14H23N3O2. The second-order valence-electron chi connectivity index (χ2n) is 5.63. The van der Waals surface area contributed by atoms with Gasteiger partial charge in [0.2, 0.25) is 0 Å². The van der Waals surface area contributed by atoms with Gasteiger partial charge in [0.25, 0.3) is 0 Å². The van der Waals surface area contributed by atoms with Crippen molar-refractivity contribution in [1.29, 1.82) is 0 Å². The Morgan fingerprint density at radius 3 is 2.89 bits per heavy atom. The van der Waals surface area contributed by atoms with E-state index >= 15 is 0 Å². The quantitative estimate of drug-likeness (QED) is 0.852. The van der Waals surface area contributed by atoms with Gasteiger partial charge in [-0.05, 0) is 31.6 Å². The van der Waals surface area contributed by atoms with Crippen molar-refractivity contribution in [2.75, 3.05) is 12.8 Å². The van der Waals surface area contributed by atoms with Crippen LogP contribution in [-0.2, 0) is 11.3 Å². The minimum absolute atomic E-state index is 0.240. The van der Waals surface area contributed by atoms with Gasteiger partial charge in [-0.1, -0.05) is 19.8 Å². The van der Waals surface area contributed by atoms with Crippen LogP contribution in [0.3, 0.4) is 0 Å². The first-order valence-corrected chi connectivity index (χ1v) is 6.93. The zero-order chi connectivity index (χ0) is 14.0. The molecule has 0 amide bonds. The molecule has 1 heterocycles. The highest BCUT2D eigenvalue weighted by atomic mass is 16.5. The fourth-order valence-corrected chi connectivity index (χ4v) is 3.04. The molecule has 2 N–H and O–H groups in total. The van der Waals surface area contributed by atoms with Gasteiger partial charge < -0.3 is 15.0 Å². The lowest BCUT2D eigenvalue weighted by molar-refractivity contribution is 0.0595. The fraction of sp³-hybridized carbons (Fsp3) is 0.714. The van der Waals surface area contributed by atoms with Crippen molar-refractivity contribution < 1.29 is 9.53 Å². The van der Waals surface area contributed by atoms with Gasteiger partial charge in [-0.3, -0.25) is 0 Å². The highest BCUT2D eigenvalue weighted by Crippen LogP contribution is 2.31. The number of hydrogen-bond donors (Lipinski definition) is 1. The van der Waals surface area contributed by atoms with Crippen molar-refractivity contribution in [3.05, 3.63) is 11.5 Å². The summed E-state index contributed by atoms with van der Waals surface area (Å²) in [5, 5.41) is 0. The number of nitrogens with two attached hydrogens (primary N) is 1. The van der Waals surface area contributed by atoms with Gasteiger partial charge in [0.15, 0.2) is 5.69 Å². The third kappa shape index (κ3) is 2.91. The average molecular weight is 265 g/mol. The van der Waals surface area contributed by atoms with Crippen molar-refractivity contribution in [2.45, 2.75) is 46.1 Å². The molecule has 1 aliphatic carbocycles. The maximum atomic E-state index is 11.6. The molecule has 2 atom stereocenters. The van der Waals surface area contributed by atoms with Crippen LogP contribution in [0.2, 0.25) is 0 Å². The Morgan fingerprint density at radius 2 is 2.26 bits per heavy atom. The fourth-order valence-electron chi connectivity index (χ4n) is 3.04. The van der Waals surface area contributed by atoms with Gasteiger partial charge in [0, 0.05) is 6.54 Å². The number of hydrogen-bond acceptors (Lipinski definition) is 4. The molecule has 2 unspecified atom stereocenters. The molecule has 0 bridgehead atoms. The van der Waals surface area contributed by atoms with Gasteiger partial charge in [-0.15, -0.1) is 0 Å². The molecule has 5 heteroatoms. The smallest absolute Gasteiger partial charge is 0.360 e. The summed E-state index contributed by atoms with van der Waals surface area (Å²) in [5.74, 6) is 2.17. The summed E-state index contributed by atoms with van der Waals surface area (Å²) in [6, 6.07) is 0. The number of rotatable bonds is 3. The molecule has 2 rings (SSSR count). The van der Waals surface area contributed by atoms with E-state index in [1.165, 1.54) is 32.8 Å². The molecule has 1 fully saturated rings. The van der Waals surface area contributed by atoms with E-state index in [1.54, 1.807) is 0 Å². The monoisotopic (exact) mass is 265 g/mol. The van der Waals surface area contributed by atoms with Crippen molar-refractivity contribution >= 4 is 11.8 Å². The number of imidazole rings is 1. The molecule has 0 radical (unpaired) electrons. The average Bonchev–Trinajstić information content (AvgIpc) is 2.66. The van der Waals surface area contributed by atoms with Crippen LogP contribution in [0.15, 0.2) is 0 Å². The zero-order valence-electron chi connectivity index (χ0n) is 12.0. The Balaban J connectivity index is 2.16. The number of carbonyl (C=O) groups is 1. The predicted octanol–water partition coefficient (Wildman–Crippen LogP) is 2.39. The lowest BCUT2D eigenvalue weighted by Crippen LogP contribution is -2.20. The number of carbonyl (C=O) groups excluding carboxylic acids is 1. The Hall–Kier alpha value is -1.52. The van der Waals surface area contributed by atoms with Crippen LogP contribution in [0.5, 0.6) is 0 Å². The number of aromatic nitrogens is 2. The lowest BCUT2D eigenvalue weighted by Gasteiger charge is -2.27. The van der Waals surface area contributed by atoms with E-state index in [0.717, 1.165) is 18.3 Å². The standard InChI is InChI=1S/C14H23N3O2/c1-9-5-4-6-11(7-9)8-17-10(2)16-12(13(17)15)14(18)19-3/h9,11H,4-8,15H2,1-3H3. The van der Waals surface area contributed by atoms with Gasteiger partial charge in [-0.25, -0.2) is 9.78 Å². The summed E-state index contributed by atoms with van der Waals surface area (Å²) in [5.41, 5.74) is 6.27. The van der Waals surface area contributed by atoms with E-state index in [9.17, 15) is 4.79 Å². The van der Waals surface area contributed by atoms with Crippen molar-refractivity contribution in [3.63, 3.8) is 0 Å². The van der Waals surface area contributed by atoms with Crippen LogP contribution in [0.1, 0.15) is 48.9 Å². The molecule has 0 saturated heterocycles. The highest BCUT2D eigenvalue weighted by molar-refractivity contribution is 5.92. The van der Waals surface area contributed by atoms with Crippen LogP contribution in [0.4, 0.5) is 5.82 Å². The van der Waals surface area contributed by atoms with E-state index in [-0.39, 0.29) is 5.69 Å². The molecule has 1 aromatic heterocycles. The molecular weight excluding hydrogens is 242 g/mol.